The lowest BCUT2D eigenvalue weighted by Gasteiger charge is -2.31. The van der Waals surface area contributed by atoms with Gasteiger partial charge < -0.3 is 15.4 Å². The Bertz CT molecular complexity index is 335. The summed E-state index contributed by atoms with van der Waals surface area (Å²) < 4.78 is 13.1. The van der Waals surface area contributed by atoms with Crippen LogP contribution in [0.15, 0.2) is 6.20 Å². The zero-order chi connectivity index (χ0) is 10.7. The van der Waals surface area contributed by atoms with E-state index in [0.29, 0.717) is 31.9 Å². The van der Waals surface area contributed by atoms with Gasteiger partial charge in [0.15, 0.2) is 5.69 Å². The first kappa shape index (κ1) is 13.3. The Morgan fingerprint density at radius 2 is 2.56 bits per heavy atom. The number of rotatable bonds is 2. The van der Waals surface area contributed by atoms with Crippen molar-refractivity contribution in [2.75, 3.05) is 26.2 Å². The van der Waals surface area contributed by atoms with Gasteiger partial charge in [0.1, 0.15) is 0 Å². The van der Waals surface area contributed by atoms with Gasteiger partial charge in [-0.1, -0.05) is 0 Å². The molecular weight excluding hydrogens is 252 g/mol. The van der Waals surface area contributed by atoms with Crippen LogP contribution in [0, 0.1) is 0 Å². The predicted octanol–water partition coefficient (Wildman–Crippen LogP) is -0.240. The molecule has 0 bridgehead atoms. The Morgan fingerprint density at radius 1 is 1.75 bits per heavy atom. The molecule has 1 aliphatic rings. The third kappa shape index (κ3) is 2.88. The molecule has 1 unspecified atom stereocenters. The molecule has 0 aliphatic carbocycles. The van der Waals surface area contributed by atoms with Crippen molar-refractivity contribution < 1.29 is 9.53 Å². The first-order valence-electron chi connectivity index (χ1n) is 4.69. The van der Waals surface area contributed by atoms with Crippen LogP contribution in [0.25, 0.3) is 0 Å². The molecule has 8 heteroatoms. The van der Waals surface area contributed by atoms with Crippen LogP contribution < -0.4 is 5.73 Å². The molecule has 1 atom stereocenters. The Hall–Kier alpha value is -0.760. The molecule has 1 aromatic heterocycles. The van der Waals surface area contributed by atoms with Gasteiger partial charge in [-0.3, -0.25) is 4.79 Å². The average molecular weight is 265 g/mol. The lowest BCUT2D eigenvalue weighted by molar-refractivity contribution is -0.0169. The number of hydrogen-bond donors (Lipinski definition) is 1. The first-order chi connectivity index (χ1) is 7.31. The van der Waals surface area contributed by atoms with E-state index >= 15 is 0 Å². The summed E-state index contributed by atoms with van der Waals surface area (Å²) in [5.74, 6) is -0.0921. The third-order valence-corrected chi connectivity index (χ3v) is 2.75. The fourth-order valence-corrected chi connectivity index (χ4v) is 1.87. The number of hydrogen-bond acceptors (Lipinski definition) is 6. The highest BCUT2D eigenvalue weighted by Gasteiger charge is 2.25. The molecule has 6 nitrogen and oxygen atoms in total. The standard InChI is InChI=1S/C8H12N4O2S.ClH/c9-3-6-5-12(1-2-14-6)8(13)7-4-10-15-11-7;/h4,6H,1-3,5,9H2;1H. The highest BCUT2D eigenvalue weighted by atomic mass is 35.5. The molecule has 1 aromatic rings. The molecule has 0 aromatic carbocycles. The molecule has 1 fully saturated rings. The zero-order valence-corrected chi connectivity index (χ0v) is 10.2. The number of carbonyl (C=O) groups is 1. The average Bonchev–Trinajstić information content (AvgIpc) is 2.81. The van der Waals surface area contributed by atoms with Gasteiger partial charge in [0.25, 0.3) is 5.91 Å². The van der Waals surface area contributed by atoms with Crippen LogP contribution in [-0.4, -0.2) is 51.9 Å². The molecule has 90 valence electrons. The van der Waals surface area contributed by atoms with Crippen LogP contribution in [0.5, 0.6) is 0 Å². The topological polar surface area (TPSA) is 81.3 Å². The summed E-state index contributed by atoms with van der Waals surface area (Å²) in [6, 6.07) is 0. The van der Waals surface area contributed by atoms with Crippen LogP contribution in [0.1, 0.15) is 10.5 Å². The van der Waals surface area contributed by atoms with E-state index in [-0.39, 0.29) is 24.4 Å². The lowest BCUT2D eigenvalue weighted by Crippen LogP contribution is -2.48. The van der Waals surface area contributed by atoms with Crippen molar-refractivity contribution in [3.05, 3.63) is 11.9 Å². The minimum Gasteiger partial charge on any atom is -0.373 e. The van der Waals surface area contributed by atoms with Gasteiger partial charge in [0.2, 0.25) is 0 Å². The van der Waals surface area contributed by atoms with Gasteiger partial charge in [-0.2, -0.15) is 8.75 Å². The van der Waals surface area contributed by atoms with Gasteiger partial charge in [-0.25, -0.2) is 0 Å². The van der Waals surface area contributed by atoms with Gasteiger partial charge in [-0.05, 0) is 0 Å². The molecule has 1 amide bonds. The van der Waals surface area contributed by atoms with Gasteiger partial charge in [0, 0.05) is 19.6 Å². The third-order valence-electron chi connectivity index (χ3n) is 2.27. The molecule has 0 saturated carbocycles. The second-order valence-electron chi connectivity index (χ2n) is 3.27. The van der Waals surface area contributed by atoms with Crippen molar-refractivity contribution >= 4 is 30.0 Å². The number of morpholine rings is 1. The van der Waals surface area contributed by atoms with E-state index < -0.39 is 0 Å². The van der Waals surface area contributed by atoms with Crippen LogP contribution in [0.2, 0.25) is 0 Å². The Morgan fingerprint density at radius 3 is 3.19 bits per heavy atom. The fourth-order valence-electron chi connectivity index (χ4n) is 1.47. The second kappa shape index (κ2) is 6.09. The van der Waals surface area contributed by atoms with E-state index in [9.17, 15) is 4.79 Å². The number of nitrogens with zero attached hydrogens (tertiary/aromatic N) is 3. The highest BCUT2D eigenvalue weighted by Crippen LogP contribution is 2.08. The number of halogens is 1. The van der Waals surface area contributed by atoms with Gasteiger partial charge in [-0.15, -0.1) is 12.4 Å². The minimum atomic E-state index is -0.0921. The maximum absolute atomic E-state index is 11.9. The van der Waals surface area contributed by atoms with Crippen molar-refractivity contribution in [3.63, 3.8) is 0 Å². The van der Waals surface area contributed by atoms with Crippen LogP contribution >= 0.6 is 24.1 Å². The molecule has 2 heterocycles. The van der Waals surface area contributed by atoms with Gasteiger partial charge >= 0.3 is 0 Å². The van der Waals surface area contributed by atoms with E-state index in [0.717, 1.165) is 11.7 Å². The summed E-state index contributed by atoms with van der Waals surface area (Å²) in [4.78, 5) is 13.6. The maximum atomic E-state index is 11.9. The summed E-state index contributed by atoms with van der Waals surface area (Å²) in [6.07, 6.45) is 1.43. The number of carbonyl (C=O) groups excluding carboxylic acids is 1. The number of nitrogens with two attached hydrogens (primary N) is 1. The van der Waals surface area contributed by atoms with Crippen LogP contribution in [0.4, 0.5) is 0 Å². The van der Waals surface area contributed by atoms with Crippen LogP contribution in [0.3, 0.4) is 0 Å². The molecule has 0 radical (unpaired) electrons. The molecule has 2 N–H and O–H groups in total. The predicted molar refractivity (Wildman–Crippen MR) is 61.9 cm³/mol. The molecule has 2 rings (SSSR count). The van der Waals surface area contributed by atoms with Crippen molar-refractivity contribution in [1.82, 2.24) is 13.6 Å². The van der Waals surface area contributed by atoms with E-state index in [1.165, 1.54) is 6.20 Å². The van der Waals surface area contributed by atoms with Crippen molar-refractivity contribution in [1.29, 1.82) is 0 Å². The van der Waals surface area contributed by atoms with Crippen LogP contribution in [-0.2, 0) is 4.74 Å². The molecule has 0 spiro atoms. The highest BCUT2D eigenvalue weighted by molar-refractivity contribution is 6.99. The summed E-state index contributed by atoms with van der Waals surface area (Å²) in [5.41, 5.74) is 5.90. The number of ether oxygens (including phenoxy) is 1. The summed E-state index contributed by atoms with van der Waals surface area (Å²) in [6.45, 7) is 2.09. The summed E-state index contributed by atoms with van der Waals surface area (Å²) >= 11 is 1.04. The molecule has 1 saturated heterocycles. The second-order valence-corrected chi connectivity index (χ2v) is 3.83. The van der Waals surface area contributed by atoms with Gasteiger partial charge in [0.05, 0.1) is 30.6 Å². The maximum Gasteiger partial charge on any atom is 0.275 e. The normalized spacial score (nSPS) is 20.3. The number of amides is 1. The van der Waals surface area contributed by atoms with E-state index in [1.807, 2.05) is 0 Å². The summed E-state index contributed by atoms with van der Waals surface area (Å²) in [5, 5.41) is 0. The SMILES string of the molecule is Cl.NCC1CN(C(=O)c2cnsn2)CCO1. The van der Waals surface area contributed by atoms with Crippen molar-refractivity contribution in [3.8, 4) is 0 Å². The van der Waals surface area contributed by atoms with E-state index in [2.05, 4.69) is 8.75 Å². The minimum absolute atomic E-state index is 0. The monoisotopic (exact) mass is 264 g/mol. The molecular formula is C8H13ClN4O2S. The molecule has 16 heavy (non-hydrogen) atoms. The van der Waals surface area contributed by atoms with E-state index in [4.69, 9.17) is 10.5 Å². The fraction of sp³-hybridized carbons (Fsp3) is 0.625. The lowest BCUT2D eigenvalue weighted by atomic mass is 10.2. The Kier molecular flexibility index (Phi) is 5.07. The Labute approximate surface area is 104 Å². The molecule has 1 aliphatic heterocycles. The van der Waals surface area contributed by atoms with Crippen molar-refractivity contribution in [2.45, 2.75) is 6.10 Å². The number of aromatic nitrogens is 2. The quantitative estimate of drug-likeness (QED) is 0.797. The largest absolute Gasteiger partial charge is 0.373 e. The smallest absolute Gasteiger partial charge is 0.275 e. The summed E-state index contributed by atoms with van der Waals surface area (Å²) in [7, 11) is 0. The first-order valence-corrected chi connectivity index (χ1v) is 5.43. The zero-order valence-electron chi connectivity index (χ0n) is 8.54. The Balaban J connectivity index is 0.00000128. The van der Waals surface area contributed by atoms with Crippen molar-refractivity contribution in [2.24, 2.45) is 5.73 Å². The van der Waals surface area contributed by atoms with E-state index in [1.54, 1.807) is 4.90 Å².